The molecular weight excluding hydrogens is 246 g/mol. The smallest absolute Gasteiger partial charge is 0.318 e. The minimum absolute atomic E-state index is 0. The van der Waals surface area contributed by atoms with Gasteiger partial charge in [-0.2, -0.15) is 0 Å². The van der Waals surface area contributed by atoms with Crippen LogP contribution in [0.1, 0.15) is 20.8 Å². The van der Waals surface area contributed by atoms with E-state index in [2.05, 4.69) is 19.6 Å². The van der Waals surface area contributed by atoms with Crippen LogP contribution in [0.2, 0.25) is 19.6 Å². The van der Waals surface area contributed by atoms with E-state index in [1.807, 2.05) is 32.9 Å². The summed E-state index contributed by atoms with van der Waals surface area (Å²) in [4.78, 5) is 0. The third-order valence-electron chi connectivity index (χ3n) is 1.99. The molecule has 0 aromatic carbocycles. The van der Waals surface area contributed by atoms with Crippen molar-refractivity contribution in [2.45, 2.75) is 40.4 Å². The van der Waals surface area contributed by atoms with Crippen molar-refractivity contribution in [3.8, 4) is 0 Å². The Labute approximate surface area is 119 Å². The van der Waals surface area contributed by atoms with E-state index in [0.29, 0.717) is 13.2 Å². The van der Waals surface area contributed by atoms with Crippen molar-refractivity contribution >= 4 is 15.7 Å². The average Bonchev–Trinajstić information content (AvgIpc) is 2.13. The van der Waals surface area contributed by atoms with E-state index in [1.54, 1.807) is 0 Å². The summed E-state index contributed by atoms with van der Waals surface area (Å²) in [7, 11) is -4.78. The van der Waals surface area contributed by atoms with E-state index < -0.39 is 15.7 Å². The number of hydrogen-bond donors (Lipinski definition) is 0. The van der Waals surface area contributed by atoms with E-state index in [4.69, 9.17) is 9.05 Å². The largest absolute Gasteiger partial charge is 1.00 e. The van der Waals surface area contributed by atoms with Crippen LogP contribution in [0.5, 0.6) is 0 Å². The van der Waals surface area contributed by atoms with Gasteiger partial charge >= 0.3 is 18.9 Å². The molecule has 96 valence electrons. The maximum atomic E-state index is 12.7. The summed E-state index contributed by atoms with van der Waals surface area (Å²) in [6.45, 7) is 12.8. The summed E-state index contributed by atoms with van der Waals surface area (Å²) in [5.74, 6) is 0. The SMILES string of the molecule is C/C=C/[C-]([Si](C)(C)C)P(=O)(OCC)OCC.[Li+]. The molecule has 0 spiro atoms. The van der Waals surface area contributed by atoms with Crippen LogP contribution in [-0.4, -0.2) is 21.3 Å². The number of allylic oxidation sites excluding steroid dienone is 2. The Kier molecular flexibility index (Phi) is 10.1. The first kappa shape index (κ1) is 19.9. The van der Waals surface area contributed by atoms with Gasteiger partial charge in [0.2, 0.25) is 0 Å². The van der Waals surface area contributed by atoms with Crippen molar-refractivity contribution in [1.29, 1.82) is 0 Å². The second-order valence-corrected chi connectivity index (χ2v) is 11.9. The molecule has 0 atom stereocenters. The molecule has 0 aliphatic heterocycles. The fourth-order valence-electron chi connectivity index (χ4n) is 1.43. The molecule has 0 rings (SSSR count). The quantitative estimate of drug-likeness (QED) is 0.397. The Balaban J connectivity index is 0. The van der Waals surface area contributed by atoms with Crippen molar-refractivity contribution in [1.82, 2.24) is 0 Å². The molecule has 0 N–H and O–H groups in total. The second kappa shape index (κ2) is 8.64. The van der Waals surface area contributed by atoms with Gasteiger partial charge < -0.3 is 9.05 Å². The number of rotatable bonds is 7. The van der Waals surface area contributed by atoms with Gasteiger partial charge in [-0.15, -0.1) is 12.2 Å². The van der Waals surface area contributed by atoms with Crippen LogP contribution in [0, 0.1) is 5.28 Å². The second-order valence-electron chi connectivity index (χ2n) is 4.47. The molecule has 0 aromatic rings. The molecule has 0 aliphatic rings. The standard InChI is InChI=1S/C11H24O3PSi.Li/c1-7-10-11(16(4,5)6)15(12,13-8-2)14-9-3;/h7,10H,8-9H2,1-6H3;/q-1;+1/b10-7+;. The fraction of sp³-hybridized carbons (Fsp3) is 0.727. The normalized spacial score (nSPS) is 12.6. The molecule has 6 heteroatoms. The zero-order valence-electron chi connectivity index (χ0n) is 12.2. The first-order valence-corrected chi connectivity index (χ1v) is 10.8. The molecule has 0 bridgehead atoms. The molecule has 0 aromatic heterocycles. The van der Waals surface area contributed by atoms with E-state index >= 15 is 0 Å². The van der Waals surface area contributed by atoms with E-state index in [0.717, 1.165) is 5.28 Å². The summed E-state index contributed by atoms with van der Waals surface area (Å²) >= 11 is 0. The summed E-state index contributed by atoms with van der Waals surface area (Å²) in [5, 5.41) is 0.867. The van der Waals surface area contributed by atoms with E-state index in [1.165, 1.54) is 0 Å². The minimum Gasteiger partial charge on any atom is -0.318 e. The summed E-state index contributed by atoms with van der Waals surface area (Å²) in [5.41, 5.74) is 0. The Hall–Kier alpha value is 0.574. The zero-order valence-corrected chi connectivity index (χ0v) is 14.1. The van der Waals surface area contributed by atoms with Gasteiger partial charge in [0.25, 0.3) is 7.60 Å². The van der Waals surface area contributed by atoms with Crippen LogP contribution in [0.25, 0.3) is 0 Å². The van der Waals surface area contributed by atoms with Crippen molar-refractivity contribution in [3.05, 3.63) is 17.4 Å². The molecule has 0 saturated heterocycles. The Morgan fingerprint density at radius 2 is 1.59 bits per heavy atom. The maximum Gasteiger partial charge on any atom is 1.00 e. The molecule has 0 heterocycles. The molecule has 3 nitrogen and oxygen atoms in total. The zero-order chi connectivity index (χ0) is 12.8. The summed E-state index contributed by atoms with van der Waals surface area (Å²) < 4.78 is 23.4. The molecule has 0 saturated carbocycles. The van der Waals surface area contributed by atoms with Gasteiger partial charge in [0.05, 0.1) is 13.2 Å². The van der Waals surface area contributed by atoms with Gasteiger partial charge in [0.1, 0.15) is 0 Å². The van der Waals surface area contributed by atoms with Crippen molar-refractivity contribution in [2.75, 3.05) is 13.2 Å². The predicted octanol–water partition coefficient (Wildman–Crippen LogP) is 1.24. The third-order valence-corrected chi connectivity index (χ3v) is 8.46. The summed E-state index contributed by atoms with van der Waals surface area (Å²) in [6.07, 6.45) is 3.80. The van der Waals surface area contributed by atoms with Gasteiger partial charge in [-0.3, -0.25) is 4.57 Å². The Bertz CT molecular complexity index is 266. The fourth-order valence-corrected chi connectivity index (χ4v) is 7.13. The molecule has 0 amide bonds. The average molecular weight is 270 g/mol. The Morgan fingerprint density at radius 3 is 1.82 bits per heavy atom. The molecule has 0 aliphatic carbocycles. The monoisotopic (exact) mass is 270 g/mol. The Morgan fingerprint density at radius 1 is 1.18 bits per heavy atom. The van der Waals surface area contributed by atoms with Gasteiger partial charge in [-0.25, -0.2) is 12.2 Å². The van der Waals surface area contributed by atoms with Gasteiger partial charge in [0.15, 0.2) is 0 Å². The van der Waals surface area contributed by atoms with Crippen molar-refractivity contribution in [2.24, 2.45) is 0 Å². The summed E-state index contributed by atoms with van der Waals surface area (Å²) in [6, 6.07) is 0. The maximum absolute atomic E-state index is 12.7. The molecule has 0 unspecified atom stereocenters. The molecule has 17 heavy (non-hydrogen) atoms. The van der Waals surface area contributed by atoms with Crippen LogP contribution in [-0.2, 0) is 13.6 Å². The first-order chi connectivity index (χ1) is 7.31. The van der Waals surface area contributed by atoms with Crippen molar-refractivity contribution < 1.29 is 32.5 Å². The van der Waals surface area contributed by atoms with Crippen molar-refractivity contribution in [3.63, 3.8) is 0 Å². The molecular formula is C11H24LiO3PSi. The van der Waals surface area contributed by atoms with Crippen LogP contribution in [0.3, 0.4) is 0 Å². The van der Waals surface area contributed by atoms with Crippen LogP contribution < -0.4 is 18.9 Å². The minimum atomic E-state index is -3.08. The van der Waals surface area contributed by atoms with Gasteiger partial charge in [-0.05, 0) is 21.9 Å². The van der Waals surface area contributed by atoms with Crippen LogP contribution in [0.4, 0.5) is 0 Å². The molecule has 0 radical (unpaired) electrons. The van der Waals surface area contributed by atoms with Crippen LogP contribution in [0.15, 0.2) is 12.2 Å². The van der Waals surface area contributed by atoms with Gasteiger partial charge in [-0.1, -0.05) is 19.6 Å². The van der Waals surface area contributed by atoms with Crippen LogP contribution >= 0.6 is 7.60 Å². The van der Waals surface area contributed by atoms with Gasteiger partial charge in [0, 0.05) is 0 Å². The number of hydrogen-bond acceptors (Lipinski definition) is 3. The topological polar surface area (TPSA) is 35.5 Å². The van der Waals surface area contributed by atoms with E-state index in [9.17, 15) is 4.57 Å². The van der Waals surface area contributed by atoms with E-state index in [-0.39, 0.29) is 18.9 Å². The molecule has 0 fully saturated rings. The first-order valence-electron chi connectivity index (χ1n) is 5.71. The third kappa shape index (κ3) is 6.33. The predicted molar refractivity (Wildman–Crippen MR) is 72.3 cm³/mol.